The van der Waals surface area contributed by atoms with Crippen LogP contribution in [0.5, 0.6) is 0 Å². The van der Waals surface area contributed by atoms with E-state index in [1.807, 2.05) is 0 Å². The summed E-state index contributed by atoms with van der Waals surface area (Å²) in [5, 5.41) is 3.40. The lowest BCUT2D eigenvalue weighted by Crippen LogP contribution is -2.26. The molecule has 5 nitrogen and oxygen atoms in total. The van der Waals surface area contributed by atoms with Gasteiger partial charge in [-0.25, -0.2) is 21.9 Å². The zero-order valence-electron chi connectivity index (χ0n) is 12.9. The number of sulfonamides is 1. The molecule has 0 fully saturated rings. The molecule has 25 heavy (non-hydrogen) atoms. The van der Waals surface area contributed by atoms with Crippen LogP contribution in [0.3, 0.4) is 0 Å². The molecule has 1 aromatic carbocycles. The number of nitrogens with one attached hydrogen (secondary N) is 1. The van der Waals surface area contributed by atoms with Crippen molar-refractivity contribution in [2.24, 2.45) is 0 Å². The Morgan fingerprint density at radius 1 is 1.20 bits per heavy atom. The van der Waals surface area contributed by atoms with Crippen molar-refractivity contribution < 1.29 is 30.4 Å². The fourth-order valence-electron chi connectivity index (χ4n) is 2.07. The van der Waals surface area contributed by atoms with Crippen LogP contribution in [0.25, 0.3) is 0 Å². The summed E-state index contributed by atoms with van der Waals surface area (Å²) < 4.78 is 91.2. The third-order valence-electron chi connectivity index (χ3n) is 3.29. The summed E-state index contributed by atoms with van der Waals surface area (Å²) in [5.74, 6) is -2.01. The molecule has 1 aromatic heterocycles. The molecule has 0 saturated heterocycles. The molecule has 0 radical (unpaired) electrons. The second kappa shape index (κ2) is 7.08. The van der Waals surface area contributed by atoms with Crippen LogP contribution in [0.15, 0.2) is 29.2 Å². The van der Waals surface area contributed by atoms with Crippen LogP contribution in [0, 0.1) is 18.6 Å². The molecule has 0 aliphatic heterocycles. The highest BCUT2D eigenvalue weighted by Crippen LogP contribution is 2.28. The van der Waals surface area contributed by atoms with Crippen LogP contribution < -0.4 is 4.72 Å². The molecule has 0 aliphatic rings. The molecule has 0 spiro atoms. The number of aryl methyl sites for hydroxylation is 2. The summed E-state index contributed by atoms with van der Waals surface area (Å²) in [4.78, 5) is -0.831. The highest BCUT2D eigenvalue weighted by molar-refractivity contribution is 7.89. The molecule has 1 heterocycles. The SMILES string of the molecule is Cc1cc(C(F)(F)F)nn1CCCNS(=O)(=O)c1cc(F)ccc1F. The van der Waals surface area contributed by atoms with E-state index in [1.54, 1.807) is 0 Å². The van der Waals surface area contributed by atoms with E-state index in [2.05, 4.69) is 9.82 Å². The summed E-state index contributed by atoms with van der Waals surface area (Å²) in [6.45, 7) is 1.28. The Balaban J connectivity index is 1.97. The fourth-order valence-corrected chi connectivity index (χ4v) is 3.23. The van der Waals surface area contributed by atoms with Crippen LogP contribution in [-0.4, -0.2) is 24.7 Å². The zero-order valence-corrected chi connectivity index (χ0v) is 13.8. The Morgan fingerprint density at radius 3 is 2.48 bits per heavy atom. The molecule has 2 rings (SSSR count). The van der Waals surface area contributed by atoms with E-state index in [4.69, 9.17) is 0 Å². The first-order chi connectivity index (χ1) is 11.5. The maximum Gasteiger partial charge on any atom is 0.435 e. The summed E-state index contributed by atoms with van der Waals surface area (Å²) in [6.07, 6.45) is -4.46. The Kier molecular flexibility index (Phi) is 5.47. The van der Waals surface area contributed by atoms with Gasteiger partial charge in [0.15, 0.2) is 5.69 Å². The molecule has 0 aliphatic carbocycles. The van der Waals surface area contributed by atoms with Crippen LogP contribution >= 0.6 is 0 Å². The molecule has 11 heteroatoms. The van der Waals surface area contributed by atoms with E-state index in [-0.39, 0.29) is 25.2 Å². The van der Waals surface area contributed by atoms with Gasteiger partial charge in [-0.15, -0.1) is 0 Å². The Hall–Kier alpha value is -2.01. The minimum atomic E-state index is -4.56. The number of hydrogen-bond donors (Lipinski definition) is 1. The standard InChI is InChI=1S/C14H14F5N3O2S/c1-9-7-13(14(17,18)19)21-22(9)6-2-5-20-25(23,24)12-8-10(15)3-4-11(12)16/h3-4,7-8,20H,2,5-6H2,1H3. The minimum absolute atomic E-state index is 0.0239. The number of aromatic nitrogens is 2. The van der Waals surface area contributed by atoms with Crippen molar-refractivity contribution in [3.05, 3.63) is 47.3 Å². The quantitative estimate of drug-likeness (QED) is 0.616. The maximum absolute atomic E-state index is 13.5. The molecule has 0 bridgehead atoms. The predicted octanol–water partition coefficient (Wildman–Crippen LogP) is 2.86. The normalized spacial score (nSPS) is 12.6. The van der Waals surface area contributed by atoms with Crippen LogP contribution in [0.1, 0.15) is 17.8 Å². The third kappa shape index (κ3) is 4.75. The zero-order chi connectivity index (χ0) is 18.8. The molecule has 2 aromatic rings. The summed E-state index contributed by atoms with van der Waals surface area (Å²) in [6, 6.07) is 2.90. The number of benzene rings is 1. The first-order valence-corrected chi connectivity index (χ1v) is 8.55. The van der Waals surface area contributed by atoms with Gasteiger partial charge in [-0.05, 0) is 37.6 Å². The number of nitrogens with zero attached hydrogens (tertiary/aromatic N) is 2. The van der Waals surface area contributed by atoms with Crippen molar-refractivity contribution in [1.82, 2.24) is 14.5 Å². The average Bonchev–Trinajstić information content (AvgIpc) is 2.87. The molecular formula is C14H14F5N3O2S. The Labute approximate surface area is 140 Å². The van der Waals surface area contributed by atoms with Gasteiger partial charge in [0.1, 0.15) is 16.5 Å². The second-order valence-electron chi connectivity index (χ2n) is 5.22. The lowest BCUT2D eigenvalue weighted by molar-refractivity contribution is -0.141. The van der Waals surface area contributed by atoms with Gasteiger partial charge >= 0.3 is 6.18 Å². The van der Waals surface area contributed by atoms with Crippen molar-refractivity contribution in [3.8, 4) is 0 Å². The van der Waals surface area contributed by atoms with E-state index in [9.17, 15) is 30.4 Å². The second-order valence-corrected chi connectivity index (χ2v) is 6.95. The molecule has 138 valence electrons. The monoisotopic (exact) mass is 383 g/mol. The van der Waals surface area contributed by atoms with Crippen molar-refractivity contribution in [2.75, 3.05) is 6.54 Å². The summed E-state index contributed by atoms with van der Waals surface area (Å²) >= 11 is 0. The predicted molar refractivity (Wildman–Crippen MR) is 78.1 cm³/mol. The van der Waals surface area contributed by atoms with Gasteiger partial charge in [-0.2, -0.15) is 18.3 Å². The van der Waals surface area contributed by atoms with Gasteiger partial charge in [0.2, 0.25) is 10.0 Å². The van der Waals surface area contributed by atoms with Gasteiger partial charge in [-0.1, -0.05) is 0 Å². The Morgan fingerprint density at radius 2 is 1.88 bits per heavy atom. The lowest BCUT2D eigenvalue weighted by atomic mass is 10.3. The van der Waals surface area contributed by atoms with Crippen molar-refractivity contribution >= 4 is 10.0 Å². The highest BCUT2D eigenvalue weighted by atomic mass is 32.2. The van der Waals surface area contributed by atoms with Gasteiger partial charge in [0, 0.05) is 18.8 Å². The number of hydrogen-bond acceptors (Lipinski definition) is 3. The van der Waals surface area contributed by atoms with Crippen molar-refractivity contribution in [2.45, 2.75) is 31.0 Å². The first-order valence-electron chi connectivity index (χ1n) is 7.07. The van der Waals surface area contributed by atoms with Gasteiger partial charge in [0.05, 0.1) is 0 Å². The fraction of sp³-hybridized carbons (Fsp3) is 0.357. The first kappa shape index (κ1) is 19.3. The summed E-state index contributed by atoms with van der Waals surface area (Å²) in [5.41, 5.74) is -0.765. The molecule has 0 saturated carbocycles. The number of alkyl halides is 3. The molecule has 0 atom stereocenters. The van der Waals surface area contributed by atoms with E-state index >= 15 is 0 Å². The van der Waals surface area contributed by atoms with Gasteiger partial charge < -0.3 is 0 Å². The third-order valence-corrected chi connectivity index (χ3v) is 4.77. The minimum Gasteiger partial charge on any atom is -0.269 e. The van der Waals surface area contributed by atoms with E-state index in [0.717, 1.165) is 16.8 Å². The molecular weight excluding hydrogens is 369 g/mol. The highest BCUT2D eigenvalue weighted by Gasteiger charge is 2.34. The topological polar surface area (TPSA) is 64.0 Å². The molecule has 0 amide bonds. The van der Waals surface area contributed by atoms with Crippen LogP contribution in [-0.2, 0) is 22.7 Å². The van der Waals surface area contributed by atoms with Gasteiger partial charge in [0.25, 0.3) is 0 Å². The average molecular weight is 383 g/mol. The lowest BCUT2D eigenvalue weighted by Gasteiger charge is -2.09. The number of rotatable bonds is 6. The van der Waals surface area contributed by atoms with Gasteiger partial charge in [-0.3, -0.25) is 4.68 Å². The van der Waals surface area contributed by atoms with Crippen molar-refractivity contribution in [3.63, 3.8) is 0 Å². The largest absolute Gasteiger partial charge is 0.435 e. The summed E-state index contributed by atoms with van der Waals surface area (Å²) in [7, 11) is -4.27. The molecule has 0 unspecified atom stereocenters. The number of halogens is 5. The maximum atomic E-state index is 13.5. The van der Waals surface area contributed by atoms with E-state index in [0.29, 0.717) is 12.1 Å². The Bertz CT molecular complexity index is 862. The van der Waals surface area contributed by atoms with E-state index in [1.165, 1.54) is 6.92 Å². The van der Waals surface area contributed by atoms with Crippen LogP contribution in [0.4, 0.5) is 22.0 Å². The molecule has 1 N–H and O–H groups in total. The van der Waals surface area contributed by atoms with Crippen molar-refractivity contribution in [1.29, 1.82) is 0 Å². The van der Waals surface area contributed by atoms with Crippen LogP contribution in [0.2, 0.25) is 0 Å². The smallest absolute Gasteiger partial charge is 0.269 e. The van der Waals surface area contributed by atoms with E-state index < -0.39 is 38.4 Å².